The molecule has 29 heavy (non-hydrogen) atoms. The number of nitrogens with zero attached hydrogens (tertiary/aromatic N) is 2. The predicted molar refractivity (Wildman–Crippen MR) is 114 cm³/mol. The molecule has 0 unspecified atom stereocenters. The summed E-state index contributed by atoms with van der Waals surface area (Å²) >= 11 is 5.30. The molecular weight excluding hydrogens is 388 g/mol. The Morgan fingerprint density at radius 1 is 1.17 bits per heavy atom. The van der Waals surface area contributed by atoms with Gasteiger partial charge in [-0.05, 0) is 61.5 Å². The number of hydrogen-bond acceptors (Lipinski definition) is 5. The maximum Gasteiger partial charge on any atom is 0.240 e. The zero-order chi connectivity index (χ0) is 20.8. The van der Waals surface area contributed by atoms with Crippen LogP contribution in [0.1, 0.15) is 11.1 Å². The van der Waals surface area contributed by atoms with Crippen LogP contribution in [-0.4, -0.2) is 41.4 Å². The number of hydrogen-bond donors (Lipinski definition) is 2. The summed E-state index contributed by atoms with van der Waals surface area (Å²) in [5.74, 6) is 2.04. The van der Waals surface area contributed by atoms with E-state index in [1.165, 1.54) is 0 Å². The van der Waals surface area contributed by atoms with Crippen molar-refractivity contribution in [3.05, 3.63) is 58.4 Å². The van der Waals surface area contributed by atoms with Crippen LogP contribution >= 0.6 is 12.2 Å². The summed E-state index contributed by atoms with van der Waals surface area (Å²) in [7, 11) is 3.26. The average Bonchev–Trinajstić information content (AvgIpc) is 3.08. The number of nitrogens with one attached hydrogen (secondary N) is 2. The molecule has 8 heteroatoms. The lowest BCUT2D eigenvalue weighted by Crippen LogP contribution is -2.29. The number of carbonyl (C=O) groups is 1. The molecule has 1 aromatic heterocycles. The summed E-state index contributed by atoms with van der Waals surface area (Å²) in [6.07, 6.45) is 0.679. The Morgan fingerprint density at radius 3 is 2.62 bits per heavy atom. The number of carbonyl (C=O) groups excluding carboxylic acids is 1. The molecule has 2 N–H and O–H groups in total. The van der Waals surface area contributed by atoms with E-state index in [1.54, 1.807) is 18.8 Å². The second-order valence-corrected chi connectivity index (χ2v) is 6.97. The third-order valence-electron chi connectivity index (χ3n) is 4.56. The number of methoxy groups -OCH3 is 2. The average molecular weight is 413 g/mol. The summed E-state index contributed by atoms with van der Waals surface area (Å²) in [4.78, 5) is 12.5. The van der Waals surface area contributed by atoms with E-state index < -0.39 is 0 Å². The van der Waals surface area contributed by atoms with E-state index in [1.807, 2.05) is 43.3 Å². The van der Waals surface area contributed by atoms with Gasteiger partial charge >= 0.3 is 0 Å². The molecule has 7 nitrogen and oxygen atoms in total. The number of aryl methyl sites for hydroxylation is 1. The summed E-state index contributed by atoms with van der Waals surface area (Å²) in [6, 6.07) is 13.4. The number of aromatic nitrogens is 3. The Bertz CT molecular complexity index is 1040. The summed E-state index contributed by atoms with van der Waals surface area (Å²) in [6.45, 7) is 2.62. The SMILES string of the molecule is COc1ccc(-c2n[nH]c(=S)n2CC(=O)NCCc2cc(C)ccc2OC)cc1. The molecule has 0 fully saturated rings. The van der Waals surface area contributed by atoms with Crippen LogP contribution < -0.4 is 14.8 Å². The second kappa shape index (κ2) is 9.38. The first kappa shape index (κ1) is 20.6. The third-order valence-corrected chi connectivity index (χ3v) is 4.87. The number of rotatable bonds is 8. The van der Waals surface area contributed by atoms with Gasteiger partial charge in [0.1, 0.15) is 18.0 Å². The first-order valence-corrected chi connectivity index (χ1v) is 9.62. The minimum Gasteiger partial charge on any atom is -0.497 e. The van der Waals surface area contributed by atoms with Crippen LogP contribution in [0, 0.1) is 11.7 Å². The highest BCUT2D eigenvalue weighted by molar-refractivity contribution is 7.71. The van der Waals surface area contributed by atoms with Crippen LogP contribution in [0.25, 0.3) is 11.4 Å². The molecule has 3 aromatic rings. The fourth-order valence-electron chi connectivity index (χ4n) is 3.06. The molecule has 0 atom stereocenters. The molecule has 1 amide bonds. The highest BCUT2D eigenvalue weighted by Gasteiger charge is 2.13. The molecule has 0 spiro atoms. The Kier molecular flexibility index (Phi) is 6.66. The van der Waals surface area contributed by atoms with Gasteiger partial charge in [-0.25, -0.2) is 0 Å². The molecule has 0 aliphatic rings. The maximum atomic E-state index is 12.5. The van der Waals surface area contributed by atoms with Gasteiger partial charge < -0.3 is 14.8 Å². The largest absolute Gasteiger partial charge is 0.497 e. The molecule has 0 saturated heterocycles. The van der Waals surface area contributed by atoms with Gasteiger partial charge in [-0.2, -0.15) is 5.10 Å². The molecule has 2 aromatic carbocycles. The van der Waals surface area contributed by atoms with Crippen molar-refractivity contribution in [2.45, 2.75) is 19.9 Å². The standard InChI is InChI=1S/C21H24N4O3S/c1-14-4-9-18(28-3)16(12-14)10-11-22-19(26)13-25-20(23-24-21(25)29)15-5-7-17(27-2)8-6-15/h4-9,12H,10-11,13H2,1-3H3,(H,22,26)(H,24,29). The van der Waals surface area contributed by atoms with E-state index in [-0.39, 0.29) is 12.5 Å². The Hall–Kier alpha value is -3.13. The fourth-order valence-corrected chi connectivity index (χ4v) is 3.26. The minimum absolute atomic E-state index is 0.0850. The van der Waals surface area contributed by atoms with Gasteiger partial charge in [0, 0.05) is 12.1 Å². The van der Waals surface area contributed by atoms with Crippen molar-refractivity contribution in [3.63, 3.8) is 0 Å². The van der Waals surface area contributed by atoms with Crippen molar-refractivity contribution >= 4 is 18.1 Å². The quantitative estimate of drug-likeness (QED) is 0.555. The van der Waals surface area contributed by atoms with Gasteiger partial charge in [-0.1, -0.05) is 17.7 Å². The lowest BCUT2D eigenvalue weighted by Gasteiger charge is -2.11. The molecule has 0 aliphatic carbocycles. The van der Waals surface area contributed by atoms with Crippen molar-refractivity contribution in [1.82, 2.24) is 20.1 Å². The maximum absolute atomic E-state index is 12.5. The van der Waals surface area contributed by atoms with E-state index in [9.17, 15) is 4.79 Å². The van der Waals surface area contributed by atoms with Crippen LogP contribution in [0.2, 0.25) is 0 Å². The molecule has 3 rings (SSSR count). The smallest absolute Gasteiger partial charge is 0.240 e. The Morgan fingerprint density at radius 2 is 1.93 bits per heavy atom. The summed E-state index contributed by atoms with van der Waals surface area (Å²) in [5, 5.41) is 9.97. The number of benzene rings is 2. The summed E-state index contributed by atoms with van der Waals surface area (Å²) < 4.78 is 12.6. The zero-order valence-corrected chi connectivity index (χ0v) is 17.5. The fraction of sp³-hybridized carbons (Fsp3) is 0.286. The molecular formula is C21H24N4O3S. The van der Waals surface area contributed by atoms with Gasteiger partial charge in [0.2, 0.25) is 5.91 Å². The molecule has 1 heterocycles. The van der Waals surface area contributed by atoms with E-state index in [0.29, 0.717) is 23.6 Å². The minimum atomic E-state index is -0.135. The molecule has 152 valence electrons. The van der Waals surface area contributed by atoms with E-state index in [4.69, 9.17) is 21.7 Å². The first-order valence-electron chi connectivity index (χ1n) is 9.21. The van der Waals surface area contributed by atoms with Crippen molar-refractivity contribution in [2.75, 3.05) is 20.8 Å². The monoisotopic (exact) mass is 412 g/mol. The van der Waals surface area contributed by atoms with Crippen molar-refractivity contribution in [2.24, 2.45) is 0 Å². The van der Waals surface area contributed by atoms with E-state index in [2.05, 4.69) is 21.6 Å². The first-order chi connectivity index (χ1) is 14.0. The number of H-pyrrole nitrogens is 1. The van der Waals surface area contributed by atoms with Crippen LogP contribution in [0.5, 0.6) is 11.5 Å². The molecule has 0 saturated carbocycles. The number of aromatic amines is 1. The Labute approximate surface area is 174 Å². The molecule has 0 bridgehead atoms. The van der Waals surface area contributed by atoms with Crippen LogP contribution in [0.4, 0.5) is 0 Å². The Balaban J connectivity index is 1.65. The third kappa shape index (κ3) is 5.03. The van der Waals surface area contributed by atoms with Crippen molar-refractivity contribution in [3.8, 4) is 22.9 Å². The van der Waals surface area contributed by atoms with Gasteiger partial charge in [-0.3, -0.25) is 14.5 Å². The van der Waals surface area contributed by atoms with Crippen LogP contribution in [-0.2, 0) is 17.8 Å². The van der Waals surface area contributed by atoms with Crippen molar-refractivity contribution in [1.29, 1.82) is 0 Å². The topological polar surface area (TPSA) is 81.2 Å². The summed E-state index contributed by atoms with van der Waals surface area (Å²) in [5.41, 5.74) is 3.06. The van der Waals surface area contributed by atoms with Gasteiger partial charge in [-0.15, -0.1) is 0 Å². The number of ether oxygens (including phenoxy) is 2. The van der Waals surface area contributed by atoms with Crippen molar-refractivity contribution < 1.29 is 14.3 Å². The van der Waals surface area contributed by atoms with Crippen LogP contribution in [0.3, 0.4) is 0 Å². The highest BCUT2D eigenvalue weighted by atomic mass is 32.1. The number of amides is 1. The highest BCUT2D eigenvalue weighted by Crippen LogP contribution is 2.21. The predicted octanol–water partition coefficient (Wildman–Crippen LogP) is 3.29. The van der Waals surface area contributed by atoms with E-state index >= 15 is 0 Å². The van der Waals surface area contributed by atoms with Gasteiger partial charge in [0.15, 0.2) is 10.6 Å². The molecule has 0 radical (unpaired) electrons. The van der Waals surface area contributed by atoms with E-state index in [0.717, 1.165) is 28.2 Å². The lowest BCUT2D eigenvalue weighted by atomic mass is 10.1. The zero-order valence-electron chi connectivity index (χ0n) is 16.7. The second-order valence-electron chi connectivity index (χ2n) is 6.58. The van der Waals surface area contributed by atoms with Gasteiger partial charge in [0.05, 0.1) is 14.2 Å². The lowest BCUT2D eigenvalue weighted by molar-refractivity contribution is -0.121. The van der Waals surface area contributed by atoms with Crippen LogP contribution in [0.15, 0.2) is 42.5 Å². The normalized spacial score (nSPS) is 10.6. The molecule has 0 aliphatic heterocycles. The van der Waals surface area contributed by atoms with Gasteiger partial charge in [0.25, 0.3) is 0 Å².